The van der Waals surface area contributed by atoms with Crippen LogP contribution >= 0.6 is 0 Å². The fourth-order valence-corrected chi connectivity index (χ4v) is 4.32. The molecular formula is C19H21N3O2. The second-order valence-corrected chi connectivity index (χ2v) is 7.16. The smallest absolute Gasteiger partial charge is 0.338 e. The highest BCUT2D eigenvalue weighted by molar-refractivity contribution is 5.86. The molecule has 3 aliphatic rings. The van der Waals surface area contributed by atoms with E-state index in [1.54, 1.807) is 11.1 Å². The molecule has 1 aromatic heterocycles. The van der Waals surface area contributed by atoms with Crippen molar-refractivity contribution in [1.82, 2.24) is 9.97 Å². The van der Waals surface area contributed by atoms with Crippen LogP contribution in [0.4, 0.5) is 5.95 Å². The van der Waals surface area contributed by atoms with E-state index in [1.165, 1.54) is 43.7 Å². The van der Waals surface area contributed by atoms with E-state index in [9.17, 15) is 4.79 Å². The number of allylic oxidation sites excluding steroid dienone is 5. The second kappa shape index (κ2) is 5.58. The minimum atomic E-state index is -1.01. The number of carbonyl (C=O) groups is 1. The summed E-state index contributed by atoms with van der Waals surface area (Å²) in [5.41, 5.74) is 6.01. The quantitative estimate of drug-likeness (QED) is 0.876. The molecule has 0 saturated carbocycles. The molecule has 0 spiro atoms. The van der Waals surface area contributed by atoms with Gasteiger partial charge in [0.1, 0.15) is 0 Å². The zero-order valence-corrected chi connectivity index (χ0v) is 13.8. The van der Waals surface area contributed by atoms with Crippen LogP contribution in [0.5, 0.6) is 0 Å². The molecule has 0 saturated heterocycles. The van der Waals surface area contributed by atoms with Crippen molar-refractivity contribution in [2.75, 3.05) is 5.32 Å². The maximum absolute atomic E-state index is 10.9. The first-order chi connectivity index (χ1) is 11.5. The standard InChI is InChI=1S/C19H21N3O2/c1-19-6-2-4-12-8-15(9-13(16(12)19)5-3-7-19)22-18-20-10-14(11-21-18)17(23)24/h4,8,10-11H,2-3,5-7,9H2,1H3,(H,23,24)(H,20,21,22). The Bertz CT molecular complexity index is 789. The molecule has 0 radical (unpaired) electrons. The third-order valence-corrected chi connectivity index (χ3v) is 5.42. The summed E-state index contributed by atoms with van der Waals surface area (Å²) in [4.78, 5) is 19.1. The first kappa shape index (κ1) is 15.1. The van der Waals surface area contributed by atoms with Crippen molar-refractivity contribution in [2.24, 2.45) is 5.41 Å². The molecule has 124 valence electrons. The van der Waals surface area contributed by atoms with Gasteiger partial charge in [-0.25, -0.2) is 14.8 Å². The number of aromatic carboxylic acids is 1. The van der Waals surface area contributed by atoms with E-state index in [0.717, 1.165) is 18.5 Å². The maximum Gasteiger partial charge on any atom is 0.338 e. The van der Waals surface area contributed by atoms with Crippen molar-refractivity contribution in [3.05, 3.63) is 52.5 Å². The zero-order chi connectivity index (χ0) is 16.7. The molecule has 1 aromatic rings. The van der Waals surface area contributed by atoms with Crippen LogP contribution in [0.25, 0.3) is 0 Å². The second-order valence-electron chi connectivity index (χ2n) is 7.16. The maximum atomic E-state index is 10.9. The van der Waals surface area contributed by atoms with E-state index >= 15 is 0 Å². The number of nitrogens with zero attached hydrogens (tertiary/aromatic N) is 2. The van der Waals surface area contributed by atoms with Gasteiger partial charge in [0.2, 0.25) is 5.95 Å². The third-order valence-electron chi connectivity index (χ3n) is 5.42. The van der Waals surface area contributed by atoms with Gasteiger partial charge in [0, 0.05) is 24.5 Å². The lowest BCUT2D eigenvalue weighted by Gasteiger charge is -2.43. The van der Waals surface area contributed by atoms with Crippen LogP contribution in [-0.2, 0) is 0 Å². The predicted octanol–water partition coefficient (Wildman–Crippen LogP) is 4.08. The molecule has 0 aliphatic heterocycles. The van der Waals surface area contributed by atoms with Gasteiger partial charge in [0.25, 0.3) is 0 Å². The highest BCUT2D eigenvalue weighted by Crippen LogP contribution is 2.53. The van der Waals surface area contributed by atoms with E-state index in [1.807, 2.05) is 0 Å². The predicted molar refractivity (Wildman–Crippen MR) is 91.6 cm³/mol. The number of nitrogens with one attached hydrogen (secondary N) is 1. The molecule has 24 heavy (non-hydrogen) atoms. The van der Waals surface area contributed by atoms with Gasteiger partial charge >= 0.3 is 5.97 Å². The Hall–Kier alpha value is -2.43. The zero-order valence-electron chi connectivity index (χ0n) is 13.8. The van der Waals surface area contributed by atoms with Crippen molar-refractivity contribution < 1.29 is 9.90 Å². The molecule has 3 aliphatic carbocycles. The van der Waals surface area contributed by atoms with Gasteiger partial charge in [-0.2, -0.15) is 0 Å². The van der Waals surface area contributed by atoms with Gasteiger partial charge in [-0.1, -0.05) is 18.6 Å². The largest absolute Gasteiger partial charge is 0.478 e. The molecule has 1 atom stereocenters. The van der Waals surface area contributed by atoms with Crippen molar-refractivity contribution in [1.29, 1.82) is 0 Å². The summed E-state index contributed by atoms with van der Waals surface area (Å²) >= 11 is 0. The number of anilines is 1. The van der Waals surface area contributed by atoms with Gasteiger partial charge in [-0.15, -0.1) is 0 Å². The average molecular weight is 323 g/mol. The SMILES string of the molecule is CC12CCC=C3C=C(Nc4ncc(C(=O)O)cn4)CC(=C31)CCC2. The molecule has 5 heteroatoms. The van der Waals surface area contributed by atoms with Crippen molar-refractivity contribution >= 4 is 11.9 Å². The topological polar surface area (TPSA) is 75.1 Å². The van der Waals surface area contributed by atoms with Crippen molar-refractivity contribution in [2.45, 2.75) is 45.4 Å². The van der Waals surface area contributed by atoms with Crippen LogP contribution in [-0.4, -0.2) is 21.0 Å². The summed E-state index contributed by atoms with van der Waals surface area (Å²) in [6.45, 7) is 2.41. The molecule has 2 N–H and O–H groups in total. The van der Waals surface area contributed by atoms with Gasteiger partial charge in [-0.3, -0.25) is 0 Å². The third kappa shape index (κ3) is 2.54. The summed E-state index contributed by atoms with van der Waals surface area (Å²) in [5.74, 6) is -0.563. The molecule has 4 rings (SSSR count). The first-order valence-corrected chi connectivity index (χ1v) is 8.51. The van der Waals surface area contributed by atoms with E-state index in [0.29, 0.717) is 11.4 Å². The summed E-state index contributed by atoms with van der Waals surface area (Å²) in [7, 11) is 0. The van der Waals surface area contributed by atoms with E-state index < -0.39 is 5.97 Å². The van der Waals surface area contributed by atoms with Crippen LogP contribution in [0.1, 0.15) is 55.8 Å². The Kier molecular flexibility index (Phi) is 3.52. The lowest BCUT2D eigenvalue weighted by Crippen LogP contribution is -2.30. The Morgan fingerprint density at radius 1 is 1.29 bits per heavy atom. The molecular weight excluding hydrogens is 302 g/mol. The van der Waals surface area contributed by atoms with Gasteiger partial charge < -0.3 is 10.4 Å². The minimum absolute atomic E-state index is 0.0983. The summed E-state index contributed by atoms with van der Waals surface area (Å²) in [6, 6.07) is 0. The van der Waals surface area contributed by atoms with Crippen LogP contribution < -0.4 is 5.32 Å². The molecule has 5 nitrogen and oxygen atoms in total. The molecule has 0 bridgehead atoms. The Morgan fingerprint density at radius 3 is 2.83 bits per heavy atom. The first-order valence-electron chi connectivity index (χ1n) is 8.51. The highest BCUT2D eigenvalue weighted by Gasteiger charge is 2.38. The van der Waals surface area contributed by atoms with E-state index in [4.69, 9.17) is 5.11 Å². The van der Waals surface area contributed by atoms with Crippen molar-refractivity contribution in [3.8, 4) is 0 Å². The molecule has 1 heterocycles. The summed E-state index contributed by atoms with van der Waals surface area (Å²) < 4.78 is 0. The monoisotopic (exact) mass is 323 g/mol. The van der Waals surface area contributed by atoms with Crippen LogP contribution in [0.15, 0.2) is 47.0 Å². The lowest BCUT2D eigenvalue weighted by molar-refractivity contribution is 0.0696. The number of rotatable bonds is 3. The Balaban J connectivity index is 1.59. The van der Waals surface area contributed by atoms with Crippen LogP contribution in [0.2, 0.25) is 0 Å². The molecule has 0 fully saturated rings. The summed E-state index contributed by atoms with van der Waals surface area (Å²) in [6.07, 6.45) is 14.3. The fourth-order valence-electron chi connectivity index (χ4n) is 4.32. The van der Waals surface area contributed by atoms with Gasteiger partial charge in [0.05, 0.1) is 5.56 Å². The van der Waals surface area contributed by atoms with E-state index in [2.05, 4.69) is 34.4 Å². The Morgan fingerprint density at radius 2 is 2.08 bits per heavy atom. The normalized spacial score (nSPS) is 25.5. The number of hydrogen-bond acceptors (Lipinski definition) is 4. The lowest BCUT2D eigenvalue weighted by atomic mass is 9.62. The Labute approximate surface area is 141 Å². The number of hydrogen-bond donors (Lipinski definition) is 2. The summed E-state index contributed by atoms with van der Waals surface area (Å²) in [5, 5.41) is 12.2. The molecule has 0 aromatic carbocycles. The van der Waals surface area contributed by atoms with Crippen LogP contribution in [0, 0.1) is 5.41 Å². The van der Waals surface area contributed by atoms with Crippen molar-refractivity contribution in [3.63, 3.8) is 0 Å². The highest BCUT2D eigenvalue weighted by atomic mass is 16.4. The van der Waals surface area contributed by atoms with Crippen LogP contribution in [0.3, 0.4) is 0 Å². The number of carboxylic acids is 1. The fraction of sp³-hybridized carbons (Fsp3) is 0.421. The van der Waals surface area contributed by atoms with E-state index in [-0.39, 0.29) is 5.56 Å². The molecule has 0 amide bonds. The minimum Gasteiger partial charge on any atom is -0.478 e. The number of carboxylic acid groups (broad SMARTS) is 1. The van der Waals surface area contributed by atoms with Gasteiger partial charge in [-0.05, 0) is 54.7 Å². The average Bonchev–Trinajstić information content (AvgIpc) is 2.55. The van der Waals surface area contributed by atoms with Gasteiger partial charge in [0.15, 0.2) is 0 Å². The number of aromatic nitrogens is 2. The molecule has 1 unspecified atom stereocenters.